The molecule has 1 fully saturated rings. The van der Waals surface area contributed by atoms with Crippen LogP contribution in [0.15, 0.2) is 0 Å². The average Bonchev–Trinajstić information content (AvgIpc) is 2.55. The van der Waals surface area contributed by atoms with Crippen molar-refractivity contribution in [3.05, 3.63) is 0 Å². The van der Waals surface area contributed by atoms with Crippen molar-refractivity contribution in [2.45, 2.75) is 38.6 Å². The van der Waals surface area contributed by atoms with Gasteiger partial charge in [-0.2, -0.15) is 5.26 Å². The molecule has 0 aromatic rings. The second-order valence-electron chi connectivity index (χ2n) is 5.58. The molecule has 4 nitrogen and oxygen atoms in total. The lowest BCUT2D eigenvalue weighted by Gasteiger charge is -2.25. The van der Waals surface area contributed by atoms with Crippen molar-refractivity contribution in [3.8, 4) is 6.07 Å². The number of hydrogen-bond donors (Lipinski definition) is 1. The molecule has 0 radical (unpaired) electrons. The summed E-state index contributed by atoms with van der Waals surface area (Å²) in [5.41, 5.74) is -0.350. The van der Waals surface area contributed by atoms with E-state index < -0.39 is 0 Å². The second-order valence-corrected chi connectivity index (χ2v) is 5.58. The first kappa shape index (κ1) is 15.4. The highest BCUT2D eigenvalue weighted by Crippen LogP contribution is 2.12. The van der Waals surface area contributed by atoms with Gasteiger partial charge in [0.2, 0.25) is 0 Å². The van der Waals surface area contributed by atoms with Crippen LogP contribution in [0.1, 0.15) is 33.1 Å². The lowest BCUT2D eigenvalue weighted by Crippen LogP contribution is -2.41. The van der Waals surface area contributed by atoms with E-state index >= 15 is 0 Å². The maximum atomic E-state index is 9.20. The summed E-state index contributed by atoms with van der Waals surface area (Å²) >= 11 is 0. The molecule has 1 heterocycles. The zero-order valence-electron chi connectivity index (χ0n) is 12.2. The molecule has 104 valence electrons. The van der Waals surface area contributed by atoms with Crippen LogP contribution in [0, 0.1) is 11.3 Å². The van der Waals surface area contributed by atoms with Crippen LogP contribution < -0.4 is 5.32 Å². The first-order chi connectivity index (χ1) is 8.59. The molecule has 1 atom stereocenters. The molecular weight excluding hydrogens is 224 g/mol. The molecule has 0 spiro atoms. The van der Waals surface area contributed by atoms with Crippen LogP contribution >= 0.6 is 0 Å². The van der Waals surface area contributed by atoms with Crippen LogP contribution in [0.3, 0.4) is 0 Å². The zero-order chi connectivity index (χ0) is 13.4. The zero-order valence-corrected chi connectivity index (χ0v) is 12.2. The van der Waals surface area contributed by atoms with Gasteiger partial charge >= 0.3 is 0 Å². The van der Waals surface area contributed by atoms with E-state index in [-0.39, 0.29) is 5.54 Å². The van der Waals surface area contributed by atoms with Crippen LogP contribution in [-0.4, -0.2) is 61.7 Å². The van der Waals surface area contributed by atoms with E-state index in [9.17, 15) is 5.26 Å². The van der Waals surface area contributed by atoms with Crippen molar-refractivity contribution in [1.82, 2.24) is 15.1 Å². The van der Waals surface area contributed by atoms with Crippen LogP contribution in [0.2, 0.25) is 0 Å². The fourth-order valence-electron chi connectivity index (χ4n) is 2.55. The predicted molar refractivity (Wildman–Crippen MR) is 75.5 cm³/mol. The Balaban J connectivity index is 2.26. The highest BCUT2D eigenvalue weighted by molar-refractivity contribution is 5.03. The van der Waals surface area contributed by atoms with Crippen molar-refractivity contribution >= 4 is 0 Å². The monoisotopic (exact) mass is 252 g/mol. The SMILES string of the molecule is CCNC(C)(C#N)CCCN1CCCN(C)CC1. The van der Waals surface area contributed by atoms with Gasteiger partial charge in [0.1, 0.15) is 5.54 Å². The molecule has 1 N–H and O–H groups in total. The van der Waals surface area contributed by atoms with E-state index in [1.807, 2.05) is 6.92 Å². The van der Waals surface area contributed by atoms with E-state index in [0.29, 0.717) is 0 Å². The maximum Gasteiger partial charge on any atom is 0.103 e. The lowest BCUT2D eigenvalue weighted by atomic mass is 9.97. The fraction of sp³-hybridized carbons (Fsp3) is 0.929. The molecule has 0 aliphatic carbocycles. The van der Waals surface area contributed by atoms with Crippen molar-refractivity contribution in [2.24, 2.45) is 0 Å². The second kappa shape index (κ2) is 7.73. The Morgan fingerprint density at radius 1 is 1.28 bits per heavy atom. The van der Waals surface area contributed by atoms with Gasteiger partial charge in [-0.3, -0.25) is 5.32 Å². The van der Waals surface area contributed by atoms with E-state index in [2.05, 4.69) is 35.2 Å². The Kier molecular flexibility index (Phi) is 6.62. The van der Waals surface area contributed by atoms with Gasteiger partial charge in [0.15, 0.2) is 0 Å². The summed E-state index contributed by atoms with van der Waals surface area (Å²) in [4.78, 5) is 4.94. The van der Waals surface area contributed by atoms with Gasteiger partial charge in [-0.05, 0) is 59.4 Å². The van der Waals surface area contributed by atoms with Gasteiger partial charge in [0.25, 0.3) is 0 Å². The summed E-state index contributed by atoms with van der Waals surface area (Å²) < 4.78 is 0. The van der Waals surface area contributed by atoms with E-state index in [4.69, 9.17) is 0 Å². The Labute approximate surface area is 112 Å². The summed E-state index contributed by atoms with van der Waals surface area (Å²) in [6.07, 6.45) is 3.30. The van der Waals surface area contributed by atoms with E-state index in [0.717, 1.165) is 25.9 Å². The minimum atomic E-state index is -0.350. The van der Waals surface area contributed by atoms with Gasteiger partial charge < -0.3 is 9.80 Å². The average molecular weight is 252 g/mol. The number of hydrogen-bond acceptors (Lipinski definition) is 4. The minimum Gasteiger partial charge on any atom is -0.305 e. The molecule has 1 rings (SSSR count). The van der Waals surface area contributed by atoms with Gasteiger partial charge in [-0.15, -0.1) is 0 Å². The minimum absolute atomic E-state index is 0.350. The number of likely N-dealkylation sites (N-methyl/N-ethyl adjacent to an activating group) is 1. The molecule has 1 saturated heterocycles. The number of nitrogens with zero attached hydrogens (tertiary/aromatic N) is 3. The standard InChI is InChI=1S/C14H28N4/c1-4-16-14(2,13-15)7-5-9-18-10-6-8-17(3)11-12-18/h16H,4-12H2,1-3H3. The third-order valence-corrected chi connectivity index (χ3v) is 3.78. The molecule has 0 aromatic heterocycles. The van der Waals surface area contributed by atoms with Gasteiger partial charge in [0.05, 0.1) is 6.07 Å². The third-order valence-electron chi connectivity index (χ3n) is 3.78. The normalized spacial score (nSPS) is 22.1. The van der Waals surface area contributed by atoms with Crippen LogP contribution in [0.4, 0.5) is 0 Å². The largest absolute Gasteiger partial charge is 0.305 e. The molecule has 0 saturated carbocycles. The van der Waals surface area contributed by atoms with E-state index in [1.165, 1.54) is 32.6 Å². The van der Waals surface area contributed by atoms with Crippen LogP contribution in [0.25, 0.3) is 0 Å². The van der Waals surface area contributed by atoms with Crippen molar-refractivity contribution < 1.29 is 0 Å². The predicted octanol–water partition coefficient (Wildman–Crippen LogP) is 1.30. The number of nitrogens with one attached hydrogen (secondary N) is 1. The van der Waals surface area contributed by atoms with Crippen LogP contribution in [-0.2, 0) is 0 Å². The summed E-state index contributed by atoms with van der Waals surface area (Å²) in [5.74, 6) is 0. The highest BCUT2D eigenvalue weighted by Gasteiger charge is 2.22. The smallest absolute Gasteiger partial charge is 0.103 e. The van der Waals surface area contributed by atoms with Gasteiger partial charge in [-0.25, -0.2) is 0 Å². The summed E-state index contributed by atoms with van der Waals surface area (Å²) in [6, 6.07) is 2.40. The van der Waals surface area contributed by atoms with Crippen molar-refractivity contribution in [2.75, 3.05) is 46.3 Å². The lowest BCUT2D eigenvalue weighted by molar-refractivity contribution is 0.261. The highest BCUT2D eigenvalue weighted by atomic mass is 15.2. The van der Waals surface area contributed by atoms with Crippen molar-refractivity contribution in [3.63, 3.8) is 0 Å². The Morgan fingerprint density at radius 3 is 2.72 bits per heavy atom. The number of nitriles is 1. The molecule has 18 heavy (non-hydrogen) atoms. The molecule has 0 aromatic carbocycles. The quantitative estimate of drug-likeness (QED) is 0.773. The first-order valence-electron chi connectivity index (χ1n) is 7.17. The number of rotatable bonds is 6. The summed E-state index contributed by atoms with van der Waals surface area (Å²) in [5, 5.41) is 12.5. The van der Waals surface area contributed by atoms with Gasteiger partial charge in [-0.1, -0.05) is 6.92 Å². The molecule has 1 aliphatic heterocycles. The maximum absolute atomic E-state index is 9.20. The fourth-order valence-corrected chi connectivity index (χ4v) is 2.55. The van der Waals surface area contributed by atoms with Crippen LogP contribution in [0.5, 0.6) is 0 Å². The third kappa shape index (κ3) is 5.34. The molecule has 0 amide bonds. The molecular formula is C14H28N4. The molecule has 1 aliphatic rings. The molecule has 4 heteroatoms. The van der Waals surface area contributed by atoms with Gasteiger partial charge in [0, 0.05) is 13.1 Å². The Hall–Kier alpha value is -0.630. The van der Waals surface area contributed by atoms with E-state index in [1.54, 1.807) is 0 Å². The first-order valence-corrected chi connectivity index (χ1v) is 7.17. The summed E-state index contributed by atoms with van der Waals surface area (Å²) in [7, 11) is 2.20. The molecule has 1 unspecified atom stereocenters. The van der Waals surface area contributed by atoms with Crippen molar-refractivity contribution in [1.29, 1.82) is 5.26 Å². The summed E-state index contributed by atoms with van der Waals surface area (Å²) in [6.45, 7) is 10.8. The topological polar surface area (TPSA) is 42.3 Å². The Morgan fingerprint density at radius 2 is 2.06 bits per heavy atom. The molecule has 0 bridgehead atoms. The Bertz CT molecular complexity index is 273.